The van der Waals surface area contributed by atoms with E-state index in [9.17, 15) is 9.65 Å². The summed E-state index contributed by atoms with van der Waals surface area (Å²) in [5.41, 5.74) is 2.50. The average molecular weight is 586 g/mol. The molecule has 0 bridgehead atoms. The van der Waals surface area contributed by atoms with Crippen LogP contribution < -0.4 is 9.47 Å². The molecule has 0 unspecified atom stereocenters. The summed E-state index contributed by atoms with van der Waals surface area (Å²) in [5, 5.41) is 10.5. The average Bonchev–Trinajstić information content (AvgIpc) is 2.77. The summed E-state index contributed by atoms with van der Waals surface area (Å²) >= 11 is 19.1. The van der Waals surface area contributed by atoms with Crippen LogP contribution in [0.2, 0.25) is 10.0 Å². The molecule has 158 valence electrons. The molecule has 3 rings (SSSR count). The number of methoxy groups -OCH3 is 1. The van der Waals surface area contributed by atoms with E-state index in [0.717, 1.165) is 5.56 Å². The molecule has 0 aliphatic rings. The lowest BCUT2D eigenvalue weighted by molar-refractivity contribution is 0.282. The Morgan fingerprint density at radius 3 is 2.39 bits per heavy atom. The molecule has 0 N–H and O–H groups in total. The van der Waals surface area contributed by atoms with Gasteiger partial charge in [0.2, 0.25) is 0 Å². The van der Waals surface area contributed by atoms with Gasteiger partial charge in [-0.1, -0.05) is 41.4 Å². The van der Waals surface area contributed by atoms with E-state index in [-0.39, 0.29) is 12.4 Å². The maximum absolute atomic E-state index is 13.2. The van der Waals surface area contributed by atoms with Crippen LogP contribution in [0, 0.1) is 17.1 Å². The van der Waals surface area contributed by atoms with Gasteiger partial charge in [-0.25, -0.2) is 4.39 Å². The minimum Gasteiger partial charge on any atom is -0.493 e. The summed E-state index contributed by atoms with van der Waals surface area (Å²) in [6, 6.07) is 14.9. The van der Waals surface area contributed by atoms with Crippen LogP contribution in [0.25, 0.3) is 11.6 Å². The molecule has 0 amide bonds. The highest BCUT2D eigenvalue weighted by atomic mass is 79.9. The second-order valence-corrected chi connectivity index (χ2v) is 8.74. The minimum atomic E-state index is -0.366. The van der Waals surface area contributed by atoms with Crippen LogP contribution in [0.15, 0.2) is 57.5 Å². The van der Waals surface area contributed by atoms with Gasteiger partial charge in [-0.05, 0) is 85.0 Å². The van der Waals surface area contributed by atoms with Crippen molar-refractivity contribution in [2.24, 2.45) is 0 Å². The first kappa shape index (κ1) is 23.6. The molecule has 0 fully saturated rings. The molecule has 0 saturated carbocycles. The lowest BCUT2D eigenvalue weighted by Gasteiger charge is -2.16. The fourth-order valence-corrected chi connectivity index (χ4v) is 4.01. The van der Waals surface area contributed by atoms with Gasteiger partial charge >= 0.3 is 0 Å². The van der Waals surface area contributed by atoms with Gasteiger partial charge in [0.25, 0.3) is 0 Å². The summed E-state index contributed by atoms with van der Waals surface area (Å²) in [6.45, 7) is 0.243. The Balaban J connectivity index is 1.95. The van der Waals surface area contributed by atoms with Gasteiger partial charge in [0.15, 0.2) is 11.5 Å². The zero-order chi connectivity index (χ0) is 22.5. The Labute approximate surface area is 206 Å². The number of nitriles is 1. The monoisotopic (exact) mass is 583 g/mol. The molecule has 3 nitrogen and oxygen atoms in total. The molecule has 0 spiro atoms. The van der Waals surface area contributed by atoms with Gasteiger partial charge < -0.3 is 9.47 Å². The standard InChI is InChI=1S/C23H14Br2Cl2FNO2/c1-30-20-10-15(9-16(11-29)14-3-5-17(28)6-4-14)21(24)22(25)23(20)31-12-13-2-7-18(26)19(27)8-13/h2-10H,12H2,1H3/b16-9-. The number of halogens is 5. The van der Waals surface area contributed by atoms with Crippen LogP contribution in [-0.2, 0) is 6.61 Å². The SMILES string of the molecule is COc1cc(/C=C(/C#N)c2ccc(F)cc2)c(Br)c(Br)c1OCc1ccc(Cl)c(Cl)c1. The first-order valence-corrected chi connectivity index (χ1v) is 11.2. The van der Waals surface area contributed by atoms with Gasteiger partial charge in [0.05, 0.1) is 33.3 Å². The lowest BCUT2D eigenvalue weighted by Crippen LogP contribution is -2.00. The molecule has 0 aliphatic carbocycles. The molecule has 3 aromatic carbocycles. The molecule has 3 aromatic rings. The van der Waals surface area contributed by atoms with Crippen molar-refractivity contribution in [2.45, 2.75) is 6.61 Å². The van der Waals surface area contributed by atoms with Crippen molar-refractivity contribution in [2.75, 3.05) is 7.11 Å². The predicted octanol–water partition coefficient (Wildman–Crippen LogP) is 8.31. The number of benzene rings is 3. The fourth-order valence-electron chi connectivity index (χ4n) is 2.75. The number of nitrogens with zero attached hydrogens (tertiary/aromatic N) is 1. The number of ether oxygens (including phenoxy) is 2. The summed E-state index contributed by atoms with van der Waals surface area (Å²) < 4.78 is 26.0. The third kappa shape index (κ3) is 5.61. The van der Waals surface area contributed by atoms with E-state index in [1.165, 1.54) is 19.2 Å². The molecule has 8 heteroatoms. The fraction of sp³-hybridized carbons (Fsp3) is 0.0870. The maximum Gasteiger partial charge on any atom is 0.177 e. The topological polar surface area (TPSA) is 42.2 Å². The molecule has 0 saturated heterocycles. The quantitative estimate of drug-likeness (QED) is 0.216. The van der Waals surface area contributed by atoms with Gasteiger partial charge in [-0.15, -0.1) is 0 Å². The third-order valence-electron chi connectivity index (χ3n) is 4.32. The highest BCUT2D eigenvalue weighted by Gasteiger charge is 2.17. The van der Waals surface area contributed by atoms with Gasteiger partial charge in [-0.3, -0.25) is 0 Å². The van der Waals surface area contributed by atoms with Crippen molar-refractivity contribution in [3.63, 3.8) is 0 Å². The third-order valence-corrected chi connectivity index (χ3v) is 7.20. The van der Waals surface area contributed by atoms with Crippen LogP contribution in [0.4, 0.5) is 4.39 Å². The Kier molecular flexibility index (Phi) is 8.01. The number of rotatable bonds is 6. The molecule has 0 atom stereocenters. The van der Waals surface area contributed by atoms with E-state index in [2.05, 4.69) is 37.9 Å². The van der Waals surface area contributed by atoms with Crippen LogP contribution in [-0.4, -0.2) is 7.11 Å². The second-order valence-electron chi connectivity index (χ2n) is 6.34. The van der Waals surface area contributed by atoms with Gasteiger partial charge in [0.1, 0.15) is 12.4 Å². The summed E-state index contributed by atoms with van der Waals surface area (Å²) in [5.74, 6) is 0.589. The Bertz CT molecular complexity index is 1190. The Morgan fingerprint density at radius 1 is 1.06 bits per heavy atom. The van der Waals surface area contributed by atoms with E-state index in [1.54, 1.807) is 36.4 Å². The molecule has 0 aliphatic heterocycles. The van der Waals surface area contributed by atoms with Crippen molar-refractivity contribution in [3.8, 4) is 17.6 Å². The Morgan fingerprint density at radius 2 is 1.77 bits per heavy atom. The highest BCUT2D eigenvalue weighted by Crippen LogP contribution is 2.44. The zero-order valence-corrected chi connectivity index (χ0v) is 20.7. The van der Waals surface area contributed by atoms with Crippen molar-refractivity contribution in [1.29, 1.82) is 5.26 Å². The molecular weight excluding hydrogens is 572 g/mol. The van der Waals surface area contributed by atoms with E-state index < -0.39 is 0 Å². The molecule has 0 heterocycles. The first-order chi connectivity index (χ1) is 14.8. The smallest absolute Gasteiger partial charge is 0.177 e. The first-order valence-electron chi connectivity index (χ1n) is 8.84. The van der Waals surface area contributed by atoms with Crippen LogP contribution in [0.1, 0.15) is 16.7 Å². The summed E-state index contributed by atoms with van der Waals surface area (Å²) in [7, 11) is 1.53. The largest absolute Gasteiger partial charge is 0.493 e. The van der Waals surface area contributed by atoms with E-state index in [0.29, 0.717) is 47.2 Å². The lowest BCUT2D eigenvalue weighted by atomic mass is 10.0. The van der Waals surface area contributed by atoms with Crippen molar-refractivity contribution in [3.05, 3.63) is 90.0 Å². The molecular formula is C23H14Br2Cl2FNO2. The predicted molar refractivity (Wildman–Crippen MR) is 129 cm³/mol. The number of hydrogen-bond acceptors (Lipinski definition) is 3. The highest BCUT2D eigenvalue weighted by molar-refractivity contribution is 9.13. The number of allylic oxidation sites excluding steroid dienone is 1. The van der Waals surface area contributed by atoms with Crippen molar-refractivity contribution >= 4 is 66.7 Å². The van der Waals surface area contributed by atoms with E-state index in [1.807, 2.05) is 6.07 Å². The van der Waals surface area contributed by atoms with Gasteiger partial charge in [-0.2, -0.15) is 5.26 Å². The zero-order valence-electron chi connectivity index (χ0n) is 16.1. The van der Waals surface area contributed by atoms with Crippen molar-refractivity contribution < 1.29 is 13.9 Å². The molecule has 0 radical (unpaired) electrons. The van der Waals surface area contributed by atoms with Crippen molar-refractivity contribution in [1.82, 2.24) is 0 Å². The summed E-state index contributed by atoms with van der Waals surface area (Å²) in [6.07, 6.45) is 1.69. The maximum atomic E-state index is 13.2. The minimum absolute atomic E-state index is 0.243. The van der Waals surface area contributed by atoms with Crippen LogP contribution in [0.3, 0.4) is 0 Å². The van der Waals surface area contributed by atoms with Crippen LogP contribution >= 0.6 is 55.1 Å². The van der Waals surface area contributed by atoms with Crippen LogP contribution in [0.5, 0.6) is 11.5 Å². The summed E-state index contributed by atoms with van der Waals surface area (Å²) in [4.78, 5) is 0. The van der Waals surface area contributed by atoms with Gasteiger partial charge in [0, 0.05) is 4.47 Å². The molecule has 0 aromatic heterocycles. The normalized spacial score (nSPS) is 11.2. The van der Waals surface area contributed by atoms with E-state index >= 15 is 0 Å². The van der Waals surface area contributed by atoms with E-state index in [4.69, 9.17) is 32.7 Å². The Hall–Kier alpha value is -2.04. The second kappa shape index (κ2) is 10.5. The molecule has 31 heavy (non-hydrogen) atoms. The number of hydrogen-bond donors (Lipinski definition) is 0.